The third-order valence-electron chi connectivity index (χ3n) is 11.6. The number of aromatic nitrogens is 3. The first-order valence-electron chi connectivity index (χ1n) is 21.5. The van der Waals surface area contributed by atoms with Gasteiger partial charge in [-0.1, -0.05) is 148 Å². The van der Waals surface area contributed by atoms with Crippen LogP contribution in [-0.4, -0.2) is 14.5 Å². The van der Waals surface area contributed by atoms with Crippen molar-refractivity contribution in [2.24, 2.45) is 0 Å². The fourth-order valence-corrected chi connectivity index (χ4v) is 8.50. The summed E-state index contributed by atoms with van der Waals surface area (Å²) in [6.45, 7) is 13.6. The summed E-state index contributed by atoms with van der Waals surface area (Å²) in [4.78, 5) is 9.60. The Morgan fingerprint density at radius 2 is 1.22 bits per heavy atom. The molecule has 0 aliphatic rings. The molecule has 5 heteroatoms. The van der Waals surface area contributed by atoms with Gasteiger partial charge in [0.25, 0.3) is 0 Å². The van der Waals surface area contributed by atoms with Crippen molar-refractivity contribution in [3.63, 3.8) is 0 Å². The van der Waals surface area contributed by atoms with Crippen molar-refractivity contribution in [1.29, 1.82) is 0 Å². The average Bonchev–Trinajstić information content (AvgIpc) is 3.92. The molecule has 0 N–H and O–H groups in total. The molecule has 0 atom stereocenters. The van der Waals surface area contributed by atoms with E-state index in [1.54, 1.807) is 6.20 Å². The summed E-state index contributed by atoms with van der Waals surface area (Å²) < 4.78 is 9.06. The van der Waals surface area contributed by atoms with E-state index in [9.17, 15) is 0 Å². The summed E-state index contributed by atoms with van der Waals surface area (Å²) >= 11 is 0. The molecule has 3 heterocycles. The Morgan fingerprint density at radius 1 is 0.587 bits per heavy atom. The quantitative estimate of drug-likeness (QED) is 0.143. The third kappa shape index (κ3) is 8.73. The normalized spacial score (nSPS) is 11.2. The monoisotopic (exact) mass is 996 g/mol. The number of hydrogen-bond acceptors (Lipinski definition) is 3. The number of hydrogen-bond donors (Lipinski definition) is 0. The fraction of sp³-hybridized carbons (Fsp3) is 0.138. The molecule has 10 rings (SSSR count). The Morgan fingerprint density at radius 3 is 1.86 bits per heavy atom. The number of furan rings is 1. The van der Waals surface area contributed by atoms with Gasteiger partial charge in [-0.2, -0.15) is 0 Å². The first-order valence-corrected chi connectivity index (χ1v) is 21.5. The van der Waals surface area contributed by atoms with Crippen LogP contribution in [-0.2, 0) is 20.1 Å². The maximum absolute atomic E-state index is 6.67. The van der Waals surface area contributed by atoms with Gasteiger partial charge in [0.2, 0.25) is 0 Å². The molecule has 4 nitrogen and oxygen atoms in total. The molecule has 0 unspecified atom stereocenters. The van der Waals surface area contributed by atoms with Gasteiger partial charge in [-0.25, -0.2) is 0 Å². The van der Waals surface area contributed by atoms with Gasteiger partial charge < -0.3 is 14.0 Å². The second-order valence-corrected chi connectivity index (χ2v) is 16.5. The minimum Gasteiger partial charge on any atom is -0.477 e. The van der Waals surface area contributed by atoms with Crippen molar-refractivity contribution in [3.05, 3.63) is 210 Å². The van der Waals surface area contributed by atoms with Crippen molar-refractivity contribution in [1.82, 2.24) is 14.5 Å². The van der Waals surface area contributed by atoms with E-state index in [0.29, 0.717) is 0 Å². The Hall–Kier alpha value is -6.65. The van der Waals surface area contributed by atoms with Crippen LogP contribution in [0.15, 0.2) is 180 Å². The number of pyridine rings is 1. The molecule has 0 spiro atoms. The number of aryl methyl sites for hydroxylation is 2. The van der Waals surface area contributed by atoms with Crippen LogP contribution in [0, 0.1) is 26.0 Å². The Bertz CT molecular complexity index is 3050. The molecule has 3 aromatic heterocycles. The average molecular weight is 996 g/mol. The van der Waals surface area contributed by atoms with Gasteiger partial charge >= 0.3 is 0 Å². The van der Waals surface area contributed by atoms with Crippen molar-refractivity contribution < 1.29 is 24.5 Å². The van der Waals surface area contributed by atoms with E-state index in [-0.39, 0.29) is 31.9 Å². The van der Waals surface area contributed by atoms with E-state index in [1.807, 2.05) is 60.7 Å². The zero-order chi connectivity index (χ0) is 42.7. The van der Waals surface area contributed by atoms with E-state index in [0.717, 1.165) is 61.5 Å². The largest absolute Gasteiger partial charge is 0.477 e. The van der Waals surface area contributed by atoms with Crippen LogP contribution < -0.4 is 0 Å². The van der Waals surface area contributed by atoms with Gasteiger partial charge in [0.05, 0.1) is 22.4 Å². The van der Waals surface area contributed by atoms with Crippen LogP contribution >= 0.6 is 0 Å². The summed E-state index contributed by atoms with van der Waals surface area (Å²) in [6, 6.07) is 65.8. The first-order chi connectivity index (χ1) is 30.2. The molecule has 0 aliphatic heterocycles. The predicted molar refractivity (Wildman–Crippen MR) is 258 cm³/mol. The summed E-state index contributed by atoms with van der Waals surface area (Å²) in [5, 5.41) is 1.05. The topological polar surface area (TPSA) is 43.9 Å². The van der Waals surface area contributed by atoms with Crippen molar-refractivity contribution in [2.75, 3.05) is 0 Å². The van der Waals surface area contributed by atoms with Gasteiger partial charge in [0.15, 0.2) is 0 Å². The Balaban J connectivity index is 0.000000361. The zero-order valence-electron chi connectivity index (χ0n) is 36.5. The minimum absolute atomic E-state index is 0. The predicted octanol–water partition coefficient (Wildman–Crippen LogP) is 15.6. The van der Waals surface area contributed by atoms with Crippen LogP contribution in [0.25, 0.3) is 83.9 Å². The van der Waals surface area contributed by atoms with Gasteiger partial charge in [-0.3, -0.25) is 4.98 Å². The molecule has 0 saturated heterocycles. The second-order valence-electron chi connectivity index (χ2n) is 16.5. The molecule has 0 fully saturated rings. The molecule has 0 bridgehead atoms. The number of rotatable bonds is 8. The number of imidazole rings is 1. The molecule has 1 radical (unpaired) electrons. The van der Waals surface area contributed by atoms with E-state index in [4.69, 9.17) is 9.40 Å². The molecular weight excluding hydrogens is 947 g/mol. The van der Waals surface area contributed by atoms with Gasteiger partial charge in [-0.05, 0) is 107 Å². The summed E-state index contributed by atoms with van der Waals surface area (Å²) in [6.07, 6.45) is 1.79. The number of nitrogens with zero attached hydrogens (tertiary/aromatic N) is 3. The molecule has 0 amide bonds. The summed E-state index contributed by atoms with van der Waals surface area (Å²) in [5.74, 6) is 2.23. The molecule has 63 heavy (non-hydrogen) atoms. The third-order valence-corrected chi connectivity index (χ3v) is 11.6. The van der Waals surface area contributed by atoms with E-state index >= 15 is 0 Å². The molecule has 7 aromatic carbocycles. The van der Waals surface area contributed by atoms with Gasteiger partial charge in [-0.15, -0.1) is 47.5 Å². The standard InChI is InChI=1S/C47H41N2O.C11H8N.Ir/c1-29(2)37-24-35(33-18-9-7-10-19-33)25-38(30(3)4)46(37)49-42-23-14-13-22-41(42)48-47(49)36-26-40(45-31(5)16-15-17-32(45)6)39-28-43(50-44(39)27-36)34-20-11-8-12-21-34;1-2-6-10(7-3-1)11-8-4-5-9-12-11;/h7-26,28-30H,1-6H3;1-6,8-9H;/q2*-1;. The molecule has 0 aliphatic carbocycles. The van der Waals surface area contributed by atoms with Gasteiger partial charge in [0.1, 0.15) is 5.76 Å². The van der Waals surface area contributed by atoms with Crippen molar-refractivity contribution in [3.8, 4) is 61.9 Å². The summed E-state index contributed by atoms with van der Waals surface area (Å²) in [5.41, 5.74) is 17.7. The summed E-state index contributed by atoms with van der Waals surface area (Å²) in [7, 11) is 0. The SMILES string of the molecule is Cc1cccc(C)c1-c1cc(-c2nc3ccccc3n2-c2c(C(C)C)cc(-c3ccccc3)cc2C(C)C)[c-]c2oc(-c3ccccc3)cc12.[Ir].[c-]1ccccc1-c1ccccn1. The van der Waals surface area contributed by atoms with E-state index in [1.165, 1.54) is 44.6 Å². The maximum Gasteiger partial charge on any atom is 0.123 e. The van der Waals surface area contributed by atoms with Crippen LogP contribution in [0.3, 0.4) is 0 Å². The molecule has 0 saturated carbocycles. The van der Waals surface area contributed by atoms with Gasteiger partial charge in [0, 0.05) is 37.6 Å². The Labute approximate surface area is 384 Å². The molecule has 10 aromatic rings. The van der Waals surface area contributed by atoms with E-state index < -0.39 is 0 Å². The fourth-order valence-electron chi connectivity index (χ4n) is 8.50. The molecule has 313 valence electrons. The zero-order valence-corrected chi connectivity index (χ0v) is 38.9. The smallest absolute Gasteiger partial charge is 0.123 e. The first kappa shape index (κ1) is 43.0. The van der Waals surface area contributed by atoms with Crippen LogP contribution in [0.2, 0.25) is 0 Å². The van der Waals surface area contributed by atoms with Crippen LogP contribution in [0.1, 0.15) is 61.8 Å². The van der Waals surface area contributed by atoms with Crippen LogP contribution in [0.4, 0.5) is 0 Å². The minimum atomic E-state index is 0. The number of benzene rings is 7. The number of para-hydroxylation sites is 2. The number of fused-ring (bicyclic) bond motifs is 2. The maximum atomic E-state index is 6.67. The van der Waals surface area contributed by atoms with Crippen molar-refractivity contribution >= 4 is 22.0 Å². The second kappa shape index (κ2) is 18.8. The molecular formula is C58H49IrN3O-2. The van der Waals surface area contributed by atoms with Crippen LogP contribution in [0.5, 0.6) is 0 Å². The Kier molecular flexibility index (Phi) is 12.8. The van der Waals surface area contributed by atoms with E-state index in [2.05, 4.69) is 172 Å². The van der Waals surface area contributed by atoms with Crippen molar-refractivity contribution in [2.45, 2.75) is 53.4 Å².